The highest BCUT2D eigenvalue weighted by Gasteiger charge is 2.26. The molecule has 0 bridgehead atoms. The van der Waals surface area contributed by atoms with Crippen LogP contribution in [0.15, 0.2) is 17.5 Å². The van der Waals surface area contributed by atoms with Crippen LogP contribution in [0.4, 0.5) is 0 Å². The summed E-state index contributed by atoms with van der Waals surface area (Å²) in [6.45, 7) is 6.75. The minimum atomic E-state index is 0.596. The number of piperidine rings is 1. The minimum absolute atomic E-state index is 0.596. The molecule has 1 aromatic heterocycles. The summed E-state index contributed by atoms with van der Waals surface area (Å²) in [5.41, 5.74) is 5.96. The van der Waals surface area contributed by atoms with Gasteiger partial charge in [0.05, 0.1) is 0 Å². The SMILES string of the molecule is CCN1CCC(C(CN)c2cccs2)CC1. The number of nitrogens with two attached hydrogens (primary N) is 1. The Morgan fingerprint density at radius 1 is 1.50 bits per heavy atom. The van der Waals surface area contributed by atoms with Crippen molar-refractivity contribution in [2.45, 2.75) is 25.7 Å². The third kappa shape index (κ3) is 2.65. The third-order valence-corrected chi connectivity index (χ3v) is 4.82. The molecular formula is C13H22N2S. The standard InChI is InChI=1S/C13H22N2S/c1-2-15-7-5-11(6-8-15)12(10-14)13-4-3-9-16-13/h3-4,9,11-12H,2,5-8,10,14H2,1H3. The van der Waals surface area contributed by atoms with E-state index < -0.39 is 0 Å². The average molecular weight is 238 g/mol. The summed E-state index contributed by atoms with van der Waals surface area (Å²) in [6, 6.07) is 4.39. The number of rotatable bonds is 4. The van der Waals surface area contributed by atoms with Crippen LogP contribution in [0.3, 0.4) is 0 Å². The molecule has 1 fully saturated rings. The summed E-state index contributed by atoms with van der Waals surface area (Å²) in [5, 5.41) is 2.17. The Kier molecular flexibility index (Phi) is 4.38. The van der Waals surface area contributed by atoms with E-state index in [0.29, 0.717) is 5.92 Å². The van der Waals surface area contributed by atoms with Crippen molar-refractivity contribution >= 4 is 11.3 Å². The number of likely N-dealkylation sites (tertiary alicyclic amines) is 1. The van der Waals surface area contributed by atoms with Gasteiger partial charge < -0.3 is 10.6 Å². The topological polar surface area (TPSA) is 29.3 Å². The van der Waals surface area contributed by atoms with Crippen molar-refractivity contribution in [2.24, 2.45) is 11.7 Å². The zero-order valence-electron chi connectivity index (χ0n) is 10.1. The summed E-state index contributed by atoms with van der Waals surface area (Å²) in [4.78, 5) is 4.02. The van der Waals surface area contributed by atoms with Gasteiger partial charge >= 0.3 is 0 Å². The van der Waals surface area contributed by atoms with Crippen LogP contribution in [-0.4, -0.2) is 31.1 Å². The van der Waals surface area contributed by atoms with Crippen LogP contribution in [-0.2, 0) is 0 Å². The van der Waals surface area contributed by atoms with Crippen LogP contribution in [0.5, 0.6) is 0 Å². The van der Waals surface area contributed by atoms with E-state index in [0.717, 1.165) is 12.5 Å². The van der Waals surface area contributed by atoms with Gasteiger partial charge in [-0.05, 0) is 49.8 Å². The Labute approximate surface area is 102 Å². The molecule has 3 heteroatoms. The zero-order valence-corrected chi connectivity index (χ0v) is 10.9. The van der Waals surface area contributed by atoms with E-state index in [9.17, 15) is 0 Å². The van der Waals surface area contributed by atoms with Crippen LogP contribution >= 0.6 is 11.3 Å². The van der Waals surface area contributed by atoms with Crippen LogP contribution in [0.1, 0.15) is 30.6 Å². The summed E-state index contributed by atoms with van der Waals surface area (Å²) in [5.74, 6) is 1.39. The van der Waals surface area contributed by atoms with Gasteiger partial charge in [-0.1, -0.05) is 13.0 Å². The molecule has 0 amide bonds. The van der Waals surface area contributed by atoms with E-state index in [1.807, 2.05) is 11.3 Å². The lowest BCUT2D eigenvalue weighted by Gasteiger charge is -2.34. The second-order valence-corrected chi connectivity index (χ2v) is 5.61. The van der Waals surface area contributed by atoms with Crippen molar-refractivity contribution < 1.29 is 0 Å². The highest BCUT2D eigenvalue weighted by atomic mass is 32.1. The number of hydrogen-bond acceptors (Lipinski definition) is 3. The zero-order chi connectivity index (χ0) is 11.4. The van der Waals surface area contributed by atoms with Gasteiger partial charge in [-0.25, -0.2) is 0 Å². The fourth-order valence-electron chi connectivity index (χ4n) is 2.71. The van der Waals surface area contributed by atoms with Gasteiger partial charge in [0.2, 0.25) is 0 Å². The molecule has 16 heavy (non-hydrogen) atoms. The lowest BCUT2D eigenvalue weighted by molar-refractivity contribution is 0.177. The van der Waals surface area contributed by atoms with E-state index in [-0.39, 0.29) is 0 Å². The molecule has 90 valence electrons. The molecule has 0 aliphatic carbocycles. The van der Waals surface area contributed by atoms with E-state index >= 15 is 0 Å². The van der Waals surface area contributed by atoms with Crippen LogP contribution in [0.25, 0.3) is 0 Å². The molecule has 1 aliphatic heterocycles. The first-order valence-corrected chi connectivity index (χ1v) is 7.19. The molecule has 0 radical (unpaired) electrons. The molecule has 0 saturated carbocycles. The molecule has 1 aliphatic rings. The highest BCUT2D eigenvalue weighted by Crippen LogP contribution is 2.34. The van der Waals surface area contributed by atoms with Gasteiger partial charge in [-0.2, -0.15) is 0 Å². The van der Waals surface area contributed by atoms with Gasteiger partial charge in [-0.3, -0.25) is 0 Å². The lowest BCUT2D eigenvalue weighted by atomic mass is 9.83. The quantitative estimate of drug-likeness (QED) is 0.873. The third-order valence-electron chi connectivity index (χ3n) is 3.81. The molecule has 0 aromatic carbocycles. The number of hydrogen-bond donors (Lipinski definition) is 1. The summed E-state index contributed by atoms with van der Waals surface area (Å²) >= 11 is 1.86. The summed E-state index contributed by atoms with van der Waals surface area (Å²) in [7, 11) is 0. The fraction of sp³-hybridized carbons (Fsp3) is 0.692. The maximum atomic E-state index is 5.96. The monoisotopic (exact) mass is 238 g/mol. The Bertz CT molecular complexity index is 289. The van der Waals surface area contributed by atoms with E-state index in [1.54, 1.807) is 0 Å². The Morgan fingerprint density at radius 2 is 2.25 bits per heavy atom. The first-order chi connectivity index (χ1) is 7.85. The molecule has 2 rings (SSSR count). The molecule has 2 heterocycles. The van der Waals surface area contributed by atoms with Crippen LogP contribution in [0, 0.1) is 5.92 Å². The molecule has 2 nitrogen and oxygen atoms in total. The summed E-state index contributed by atoms with van der Waals surface area (Å²) < 4.78 is 0. The molecule has 1 unspecified atom stereocenters. The minimum Gasteiger partial charge on any atom is -0.330 e. The molecule has 0 spiro atoms. The van der Waals surface area contributed by atoms with Gasteiger partial charge in [0.1, 0.15) is 0 Å². The van der Waals surface area contributed by atoms with Crippen molar-refractivity contribution in [1.29, 1.82) is 0 Å². The largest absolute Gasteiger partial charge is 0.330 e. The molecule has 1 aromatic rings. The fourth-order valence-corrected chi connectivity index (χ4v) is 3.65. The highest BCUT2D eigenvalue weighted by molar-refractivity contribution is 7.10. The molecule has 1 saturated heterocycles. The van der Waals surface area contributed by atoms with Crippen LogP contribution < -0.4 is 5.73 Å². The van der Waals surface area contributed by atoms with E-state index in [2.05, 4.69) is 29.3 Å². The Hall–Kier alpha value is -0.380. The Morgan fingerprint density at radius 3 is 2.75 bits per heavy atom. The first-order valence-electron chi connectivity index (χ1n) is 6.31. The van der Waals surface area contributed by atoms with Crippen molar-refractivity contribution in [2.75, 3.05) is 26.2 Å². The predicted octanol–water partition coefficient (Wildman–Crippen LogP) is 2.52. The predicted molar refractivity (Wildman–Crippen MR) is 71.0 cm³/mol. The second-order valence-electron chi connectivity index (χ2n) is 4.63. The molecule has 1 atom stereocenters. The van der Waals surface area contributed by atoms with Crippen molar-refractivity contribution in [3.8, 4) is 0 Å². The maximum Gasteiger partial charge on any atom is 0.00915 e. The van der Waals surface area contributed by atoms with Gasteiger partial charge in [-0.15, -0.1) is 11.3 Å². The first kappa shape index (κ1) is 12.1. The van der Waals surface area contributed by atoms with Gasteiger partial charge in [0.25, 0.3) is 0 Å². The number of thiophene rings is 1. The summed E-state index contributed by atoms with van der Waals surface area (Å²) in [6.07, 6.45) is 2.63. The van der Waals surface area contributed by atoms with Crippen molar-refractivity contribution in [1.82, 2.24) is 4.90 Å². The van der Waals surface area contributed by atoms with Crippen LogP contribution in [0.2, 0.25) is 0 Å². The van der Waals surface area contributed by atoms with Gasteiger partial charge in [0, 0.05) is 17.3 Å². The van der Waals surface area contributed by atoms with E-state index in [1.165, 1.54) is 37.4 Å². The van der Waals surface area contributed by atoms with Gasteiger partial charge in [0.15, 0.2) is 0 Å². The van der Waals surface area contributed by atoms with Crippen molar-refractivity contribution in [3.63, 3.8) is 0 Å². The smallest absolute Gasteiger partial charge is 0.00915 e. The lowest BCUT2D eigenvalue weighted by Crippen LogP contribution is -2.36. The maximum absolute atomic E-state index is 5.96. The average Bonchev–Trinajstić information content (AvgIpc) is 2.85. The van der Waals surface area contributed by atoms with E-state index in [4.69, 9.17) is 5.73 Å². The van der Waals surface area contributed by atoms with Crippen molar-refractivity contribution in [3.05, 3.63) is 22.4 Å². The normalized spacial score (nSPS) is 21.1. The second kappa shape index (κ2) is 5.80. The molecule has 2 N–H and O–H groups in total. The molecular weight excluding hydrogens is 216 g/mol. The number of nitrogens with zero attached hydrogens (tertiary/aromatic N) is 1. The Balaban J connectivity index is 1.96.